The van der Waals surface area contributed by atoms with E-state index in [2.05, 4.69) is 23.6 Å². The zero-order valence-electron chi connectivity index (χ0n) is 11.6. The largest absolute Gasteiger partial charge is 0.324 e. The highest BCUT2D eigenvalue weighted by Gasteiger charge is 2.31. The molecule has 2 N–H and O–H groups in total. The fraction of sp³-hybridized carbons (Fsp3) is 1.00. The van der Waals surface area contributed by atoms with Gasteiger partial charge in [-0.15, -0.1) is 0 Å². The molecule has 3 heteroatoms. The van der Waals surface area contributed by atoms with Gasteiger partial charge in [0.2, 0.25) is 0 Å². The van der Waals surface area contributed by atoms with Crippen molar-refractivity contribution in [1.82, 2.24) is 9.80 Å². The topological polar surface area (TPSA) is 32.5 Å². The molecule has 0 spiro atoms. The first kappa shape index (κ1) is 13.3. The molecule has 2 aliphatic rings. The molecule has 0 aromatic heterocycles. The van der Waals surface area contributed by atoms with Crippen molar-refractivity contribution in [3.05, 3.63) is 0 Å². The van der Waals surface area contributed by atoms with Crippen molar-refractivity contribution in [2.24, 2.45) is 5.73 Å². The van der Waals surface area contributed by atoms with E-state index in [1.165, 1.54) is 45.4 Å². The number of hydrogen-bond donors (Lipinski definition) is 1. The van der Waals surface area contributed by atoms with Crippen LogP contribution in [0, 0.1) is 0 Å². The molecule has 17 heavy (non-hydrogen) atoms. The lowest BCUT2D eigenvalue weighted by molar-refractivity contribution is 0.178. The van der Waals surface area contributed by atoms with Crippen LogP contribution in [0.2, 0.25) is 0 Å². The zero-order chi connectivity index (χ0) is 12.3. The molecule has 2 heterocycles. The summed E-state index contributed by atoms with van der Waals surface area (Å²) in [6.45, 7) is 10.7. The third-order valence-electron chi connectivity index (χ3n) is 4.83. The predicted molar refractivity (Wildman–Crippen MR) is 73.2 cm³/mol. The van der Waals surface area contributed by atoms with Crippen molar-refractivity contribution in [3.63, 3.8) is 0 Å². The molecule has 0 radical (unpaired) electrons. The van der Waals surface area contributed by atoms with Crippen LogP contribution >= 0.6 is 0 Å². The van der Waals surface area contributed by atoms with Crippen LogP contribution in [0.1, 0.15) is 46.0 Å². The van der Waals surface area contributed by atoms with Gasteiger partial charge in [0.15, 0.2) is 0 Å². The summed E-state index contributed by atoms with van der Waals surface area (Å²) in [6, 6.07) is 0.815. The minimum Gasteiger partial charge on any atom is -0.324 e. The molecule has 2 saturated heterocycles. The third-order valence-corrected chi connectivity index (χ3v) is 4.83. The molecule has 0 aromatic carbocycles. The summed E-state index contributed by atoms with van der Waals surface area (Å²) in [5.74, 6) is 0. The Bertz CT molecular complexity index is 238. The second kappa shape index (κ2) is 5.68. The Hall–Kier alpha value is -0.120. The van der Waals surface area contributed by atoms with Crippen molar-refractivity contribution in [1.29, 1.82) is 0 Å². The van der Waals surface area contributed by atoms with Crippen LogP contribution in [0.15, 0.2) is 0 Å². The molecule has 2 aliphatic heterocycles. The number of fused-ring (bicyclic) bond motifs is 1. The van der Waals surface area contributed by atoms with Gasteiger partial charge < -0.3 is 5.73 Å². The highest BCUT2D eigenvalue weighted by molar-refractivity contribution is 4.90. The zero-order valence-corrected chi connectivity index (χ0v) is 11.6. The van der Waals surface area contributed by atoms with Crippen molar-refractivity contribution in [2.45, 2.75) is 57.5 Å². The second-order valence-corrected chi connectivity index (χ2v) is 5.99. The Kier molecular flexibility index (Phi) is 4.45. The first-order valence-corrected chi connectivity index (χ1v) is 7.42. The van der Waals surface area contributed by atoms with Crippen molar-refractivity contribution < 1.29 is 0 Å². The van der Waals surface area contributed by atoms with Crippen LogP contribution in [-0.2, 0) is 0 Å². The highest BCUT2D eigenvalue weighted by atomic mass is 15.3. The molecular weight excluding hydrogens is 210 g/mol. The van der Waals surface area contributed by atoms with E-state index in [1.807, 2.05) is 0 Å². The van der Waals surface area contributed by atoms with Crippen molar-refractivity contribution >= 4 is 0 Å². The van der Waals surface area contributed by atoms with Gasteiger partial charge in [0.25, 0.3) is 0 Å². The number of nitrogens with two attached hydrogens (primary N) is 1. The maximum absolute atomic E-state index is 6.46. The lowest BCUT2D eigenvalue weighted by atomic mass is 9.93. The van der Waals surface area contributed by atoms with Crippen LogP contribution in [0.5, 0.6) is 0 Å². The Morgan fingerprint density at radius 1 is 1.12 bits per heavy atom. The normalized spacial score (nSPS) is 28.1. The van der Waals surface area contributed by atoms with E-state index in [9.17, 15) is 0 Å². The van der Waals surface area contributed by atoms with Crippen molar-refractivity contribution in [2.75, 3.05) is 32.7 Å². The van der Waals surface area contributed by atoms with Crippen LogP contribution in [0.4, 0.5) is 0 Å². The third kappa shape index (κ3) is 3.21. The molecule has 0 aromatic rings. The van der Waals surface area contributed by atoms with Gasteiger partial charge in [-0.1, -0.05) is 13.8 Å². The van der Waals surface area contributed by atoms with Crippen LogP contribution in [0.3, 0.4) is 0 Å². The van der Waals surface area contributed by atoms with Gasteiger partial charge >= 0.3 is 0 Å². The van der Waals surface area contributed by atoms with E-state index < -0.39 is 0 Å². The summed E-state index contributed by atoms with van der Waals surface area (Å²) < 4.78 is 0. The molecule has 0 aliphatic carbocycles. The van der Waals surface area contributed by atoms with E-state index >= 15 is 0 Å². The van der Waals surface area contributed by atoms with E-state index in [0.29, 0.717) is 0 Å². The summed E-state index contributed by atoms with van der Waals surface area (Å²) in [7, 11) is 0. The average Bonchev–Trinajstić information content (AvgIpc) is 2.68. The summed E-state index contributed by atoms with van der Waals surface area (Å²) in [4.78, 5) is 5.32. The van der Waals surface area contributed by atoms with Gasteiger partial charge in [-0.2, -0.15) is 0 Å². The Morgan fingerprint density at radius 2 is 1.82 bits per heavy atom. The van der Waals surface area contributed by atoms with Crippen LogP contribution < -0.4 is 5.73 Å². The summed E-state index contributed by atoms with van der Waals surface area (Å²) in [5.41, 5.74) is 6.50. The number of hydrogen-bond acceptors (Lipinski definition) is 3. The monoisotopic (exact) mass is 239 g/mol. The summed E-state index contributed by atoms with van der Waals surface area (Å²) in [6.07, 6.45) is 6.29. The van der Waals surface area contributed by atoms with E-state index in [4.69, 9.17) is 5.73 Å². The minimum absolute atomic E-state index is 0.0355. The Morgan fingerprint density at radius 3 is 2.53 bits per heavy atom. The molecule has 3 nitrogen and oxygen atoms in total. The molecule has 100 valence electrons. The second-order valence-electron chi connectivity index (χ2n) is 5.99. The first-order valence-electron chi connectivity index (χ1n) is 7.42. The van der Waals surface area contributed by atoms with Gasteiger partial charge in [0, 0.05) is 24.7 Å². The van der Waals surface area contributed by atoms with Crippen LogP contribution in [0.25, 0.3) is 0 Å². The van der Waals surface area contributed by atoms with E-state index in [-0.39, 0.29) is 5.54 Å². The Balaban J connectivity index is 1.92. The first-order chi connectivity index (χ1) is 8.17. The molecule has 1 unspecified atom stereocenters. The van der Waals surface area contributed by atoms with Gasteiger partial charge in [0.05, 0.1) is 0 Å². The summed E-state index contributed by atoms with van der Waals surface area (Å²) >= 11 is 0. The molecule has 1 atom stereocenters. The lowest BCUT2D eigenvalue weighted by Crippen LogP contribution is -2.51. The van der Waals surface area contributed by atoms with Gasteiger partial charge in [-0.25, -0.2) is 0 Å². The summed E-state index contributed by atoms with van der Waals surface area (Å²) in [5, 5.41) is 0. The van der Waals surface area contributed by atoms with E-state index in [0.717, 1.165) is 25.4 Å². The molecule has 2 rings (SSSR count). The fourth-order valence-electron chi connectivity index (χ4n) is 3.35. The number of nitrogens with zero attached hydrogens (tertiary/aromatic N) is 2. The maximum atomic E-state index is 6.46. The quantitative estimate of drug-likeness (QED) is 0.810. The number of rotatable bonds is 4. The Labute approximate surface area is 106 Å². The van der Waals surface area contributed by atoms with Gasteiger partial charge in [-0.3, -0.25) is 9.80 Å². The fourth-order valence-corrected chi connectivity index (χ4v) is 3.35. The standard InChI is InChI=1S/C14H29N3/c1-3-14(15,4-2)12-16-8-6-10-17-9-5-7-13(17)11-16/h13H,3-12,15H2,1-2H3. The van der Waals surface area contributed by atoms with E-state index in [1.54, 1.807) is 0 Å². The SMILES string of the molecule is CCC(N)(CC)CN1CCCN2CCCC2C1. The molecule has 0 saturated carbocycles. The lowest BCUT2D eigenvalue weighted by Gasteiger charge is -2.34. The van der Waals surface area contributed by atoms with Crippen molar-refractivity contribution in [3.8, 4) is 0 Å². The maximum Gasteiger partial charge on any atom is 0.0278 e. The smallest absolute Gasteiger partial charge is 0.0278 e. The minimum atomic E-state index is 0.0355. The average molecular weight is 239 g/mol. The van der Waals surface area contributed by atoms with Gasteiger partial charge in [-0.05, 0) is 51.7 Å². The van der Waals surface area contributed by atoms with Crippen LogP contribution in [-0.4, -0.2) is 54.1 Å². The van der Waals surface area contributed by atoms with Gasteiger partial charge in [0.1, 0.15) is 0 Å². The predicted octanol–water partition coefficient (Wildman–Crippen LogP) is 1.67. The molecular formula is C14H29N3. The molecule has 0 amide bonds. The molecule has 0 bridgehead atoms. The molecule has 2 fully saturated rings. The highest BCUT2D eigenvalue weighted by Crippen LogP contribution is 2.23.